The Labute approximate surface area is 198 Å². The number of nitrogens with zero attached hydrogens (tertiary/aromatic N) is 5. The van der Waals surface area contributed by atoms with Gasteiger partial charge in [-0.15, -0.1) is 10.2 Å². The highest BCUT2D eigenvalue weighted by Crippen LogP contribution is 2.29. The second kappa shape index (κ2) is 9.81. The Bertz CT molecular complexity index is 1220. The Kier molecular flexibility index (Phi) is 6.86. The van der Waals surface area contributed by atoms with Crippen molar-refractivity contribution in [2.45, 2.75) is 58.3 Å². The molecule has 1 amide bonds. The highest BCUT2D eigenvalue weighted by atomic mass is 32.2. The van der Waals surface area contributed by atoms with Gasteiger partial charge in [0.2, 0.25) is 5.91 Å². The molecule has 0 bridgehead atoms. The molecule has 0 radical (unpaired) electrons. The summed E-state index contributed by atoms with van der Waals surface area (Å²) in [6.07, 6.45) is 3.78. The largest absolute Gasteiger partial charge is 0.376 e. The van der Waals surface area contributed by atoms with Crippen LogP contribution < -0.4 is 5.32 Å². The SMILES string of the molecule is Cc1ccc(-n2cnnc2SCC(=O)Nc2c(C#N)c(C)c(C)n2C[C@H]2CCCO2)c(C)c1. The first-order chi connectivity index (χ1) is 15.9. The fourth-order valence-electron chi connectivity index (χ4n) is 4.21. The van der Waals surface area contributed by atoms with E-state index < -0.39 is 0 Å². The molecule has 3 aromatic rings. The number of hydrogen-bond acceptors (Lipinski definition) is 6. The minimum Gasteiger partial charge on any atom is -0.376 e. The van der Waals surface area contributed by atoms with E-state index >= 15 is 0 Å². The molecule has 1 saturated heterocycles. The summed E-state index contributed by atoms with van der Waals surface area (Å²) in [6.45, 7) is 9.36. The molecule has 1 atom stereocenters. The number of ether oxygens (including phenoxy) is 1. The molecule has 2 aromatic heterocycles. The first kappa shape index (κ1) is 23.1. The molecule has 33 heavy (non-hydrogen) atoms. The Morgan fingerprint density at radius 1 is 1.33 bits per heavy atom. The number of rotatable bonds is 7. The van der Waals surface area contributed by atoms with E-state index in [4.69, 9.17) is 4.74 Å². The lowest BCUT2D eigenvalue weighted by Gasteiger charge is -2.17. The molecule has 0 unspecified atom stereocenters. The van der Waals surface area contributed by atoms with Crippen LogP contribution in [0, 0.1) is 39.0 Å². The van der Waals surface area contributed by atoms with Crippen LogP contribution in [0.3, 0.4) is 0 Å². The Morgan fingerprint density at radius 2 is 2.15 bits per heavy atom. The van der Waals surface area contributed by atoms with Crippen molar-refractivity contribution in [3.8, 4) is 11.8 Å². The second-order valence-electron chi connectivity index (χ2n) is 8.40. The van der Waals surface area contributed by atoms with E-state index in [1.54, 1.807) is 6.33 Å². The molecule has 0 spiro atoms. The number of nitrogens with one attached hydrogen (secondary N) is 1. The Balaban J connectivity index is 1.50. The van der Waals surface area contributed by atoms with Crippen LogP contribution in [0.4, 0.5) is 5.82 Å². The number of carbonyl (C=O) groups is 1. The van der Waals surface area contributed by atoms with Gasteiger partial charge in [0.1, 0.15) is 18.2 Å². The van der Waals surface area contributed by atoms with Gasteiger partial charge in [-0.1, -0.05) is 29.5 Å². The van der Waals surface area contributed by atoms with Gasteiger partial charge in [0, 0.05) is 12.3 Å². The van der Waals surface area contributed by atoms with Gasteiger partial charge in [-0.2, -0.15) is 5.26 Å². The molecule has 4 rings (SSSR count). The normalized spacial score (nSPS) is 15.5. The number of nitriles is 1. The van der Waals surface area contributed by atoms with Gasteiger partial charge in [0.25, 0.3) is 0 Å². The van der Waals surface area contributed by atoms with E-state index in [1.807, 2.05) is 42.0 Å². The van der Waals surface area contributed by atoms with Crippen molar-refractivity contribution in [1.82, 2.24) is 19.3 Å². The molecule has 3 heterocycles. The molecular formula is C24H28N6O2S. The topological polar surface area (TPSA) is 97.8 Å². The minimum atomic E-state index is -0.197. The number of benzene rings is 1. The van der Waals surface area contributed by atoms with Gasteiger partial charge in [0.05, 0.1) is 29.7 Å². The lowest BCUT2D eigenvalue weighted by atomic mass is 10.1. The van der Waals surface area contributed by atoms with E-state index in [9.17, 15) is 10.1 Å². The van der Waals surface area contributed by atoms with Crippen molar-refractivity contribution in [1.29, 1.82) is 5.26 Å². The fourth-order valence-corrected chi connectivity index (χ4v) is 4.93. The average molecular weight is 465 g/mol. The zero-order valence-corrected chi connectivity index (χ0v) is 20.2. The molecule has 1 N–H and O–H groups in total. The van der Waals surface area contributed by atoms with Gasteiger partial charge in [-0.05, 0) is 57.7 Å². The van der Waals surface area contributed by atoms with Crippen molar-refractivity contribution in [3.63, 3.8) is 0 Å². The van der Waals surface area contributed by atoms with Crippen molar-refractivity contribution >= 4 is 23.5 Å². The summed E-state index contributed by atoms with van der Waals surface area (Å²) in [7, 11) is 0. The van der Waals surface area contributed by atoms with Crippen LogP contribution >= 0.6 is 11.8 Å². The summed E-state index contributed by atoms with van der Waals surface area (Å²) in [4.78, 5) is 12.9. The van der Waals surface area contributed by atoms with Crippen LogP contribution in [-0.4, -0.2) is 43.7 Å². The number of aryl methyl sites for hydroxylation is 2. The third kappa shape index (κ3) is 4.82. The average Bonchev–Trinajstić information content (AvgIpc) is 3.51. The molecule has 8 nitrogen and oxygen atoms in total. The fraction of sp³-hybridized carbons (Fsp3) is 0.417. The quantitative estimate of drug-likeness (QED) is 0.529. The maximum absolute atomic E-state index is 12.9. The number of thioether (sulfide) groups is 1. The number of hydrogen-bond donors (Lipinski definition) is 1. The van der Waals surface area contributed by atoms with Gasteiger partial charge < -0.3 is 14.6 Å². The lowest BCUT2D eigenvalue weighted by molar-refractivity contribution is -0.113. The van der Waals surface area contributed by atoms with E-state index in [0.717, 1.165) is 42.0 Å². The van der Waals surface area contributed by atoms with Crippen molar-refractivity contribution in [2.24, 2.45) is 0 Å². The maximum atomic E-state index is 12.9. The predicted octanol–water partition coefficient (Wildman–Crippen LogP) is 4.08. The molecule has 1 fully saturated rings. The van der Waals surface area contributed by atoms with Gasteiger partial charge in [0.15, 0.2) is 5.16 Å². The second-order valence-corrected chi connectivity index (χ2v) is 9.34. The Morgan fingerprint density at radius 3 is 2.85 bits per heavy atom. The van der Waals surface area contributed by atoms with Crippen LogP contribution in [0.1, 0.15) is 40.8 Å². The maximum Gasteiger partial charge on any atom is 0.235 e. The highest BCUT2D eigenvalue weighted by Gasteiger charge is 2.24. The highest BCUT2D eigenvalue weighted by molar-refractivity contribution is 7.99. The molecule has 1 aliphatic rings. The van der Waals surface area contributed by atoms with E-state index in [2.05, 4.69) is 34.6 Å². The zero-order valence-electron chi connectivity index (χ0n) is 19.4. The van der Waals surface area contributed by atoms with Crippen molar-refractivity contribution < 1.29 is 9.53 Å². The molecule has 9 heteroatoms. The number of carbonyl (C=O) groups excluding carboxylic acids is 1. The first-order valence-electron chi connectivity index (χ1n) is 11.0. The van der Waals surface area contributed by atoms with Crippen LogP contribution in [0.2, 0.25) is 0 Å². The van der Waals surface area contributed by atoms with Gasteiger partial charge in [-0.3, -0.25) is 9.36 Å². The standard InChI is InChI=1S/C24H28N6O2S/c1-15-7-8-21(16(2)10-15)30-14-26-28-24(30)33-13-22(31)27-23-20(11-25)17(3)18(4)29(23)12-19-6-5-9-32-19/h7-8,10,14,19H,5-6,9,12-13H2,1-4H3,(H,27,31)/t19-/m1/s1. The molecular weight excluding hydrogens is 436 g/mol. The van der Waals surface area contributed by atoms with E-state index in [1.165, 1.54) is 17.3 Å². The van der Waals surface area contributed by atoms with Gasteiger partial charge >= 0.3 is 0 Å². The summed E-state index contributed by atoms with van der Waals surface area (Å²) in [6, 6.07) is 8.43. The summed E-state index contributed by atoms with van der Waals surface area (Å²) < 4.78 is 9.68. The number of anilines is 1. The predicted molar refractivity (Wildman–Crippen MR) is 128 cm³/mol. The minimum absolute atomic E-state index is 0.100. The smallest absolute Gasteiger partial charge is 0.235 e. The summed E-state index contributed by atoms with van der Waals surface area (Å²) in [5, 5.41) is 21.6. The zero-order chi connectivity index (χ0) is 23.5. The summed E-state index contributed by atoms with van der Waals surface area (Å²) in [5.74, 6) is 0.500. The summed E-state index contributed by atoms with van der Waals surface area (Å²) in [5.41, 5.74) is 5.63. The summed E-state index contributed by atoms with van der Waals surface area (Å²) >= 11 is 1.31. The molecule has 0 saturated carbocycles. The number of amides is 1. The van der Waals surface area contributed by atoms with Crippen molar-refractivity contribution in [3.05, 3.63) is 52.5 Å². The molecule has 1 aromatic carbocycles. The monoisotopic (exact) mass is 464 g/mol. The van der Waals surface area contributed by atoms with Crippen LogP contribution in [-0.2, 0) is 16.1 Å². The van der Waals surface area contributed by atoms with E-state index in [-0.39, 0.29) is 17.8 Å². The van der Waals surface area contributed by atoms with Crippen LogP contribution in [0.5, 0.6) is 0 Å². The molecule has 172 valence electrons. The third-order valence-corrected chi connectivity index (χ3v) is 7.01. The molecule has 1 aliphatic heterocycles. The van der Waals surface area contributed by atoms with E-state index in [0.29, 0.717) is 23.1 Å². The lowest BCUT2D eigenvalue weighted by Crippen LogP contribution is -2.22. The first-order valence-corrected chi connectivity index (χ1v) is 12.0. The Hall–Kier alpha value is -3.09. The van der Waals surface area contributed by atoms with Crippen LogP contribution in [0.25, 0.3) is 5.69 Å². The number of aromatic nitrogens is 4. The molecule has 0 aliphatic carbocycles. The van der Waals surface area contributed by atoms with Crippen molar-refractivity contribution in [2.75, 3.05) is 17.7 Å². The van der Waals surface area contributed by atoms with Crippen LogP contribution in [0.15, 0.2) is 29.7 Å². The third-order valence-electron chi connectivity index (χ3n) is 6.07. The van der Waals surface area contributed by atoms with Gasteiger partial charge in [-0.25, -0.2) is 0 Å².